The topological polar surface area (TPSA) is 206 Å². The summed E-state index contributed by atoms with van der Waals surface area (Å²) in [4.78, 5) is 28.2. The van der Waals surface area contributed by atoms with Gasteiger partial charge in [0.25, 0.3) is 0 Å². The normalized spacial score (nSPS) is 18.3. The van der Waals surface area contributed by atoms with Gasteiger partial charge in [0.15, 0.2) is 0 Å². The van der Waals surface area contributed by atoms with Gasteiger partial charge in [0.2, 0.25) is 11.8 Å². The molecule has 18 nitrogen and oxygen atoms in total. The van der Waals surface area contributed by atoms with Crippen LogP contribution in [0.1, 0.15) is 81.2 Å². The van der Waals surface area contributed by atoms with Crippen molar-refractivity contribution < 1.29 is 19.7 Å². The number of hydrogen-bond acceptors (Lipinski definition) is 16. The minimum atomic E-state index is -0.863. The summed E-state index contributed by atoms with van der Waals surface area (Å²) in [6.07, 6.45) is 22.5. The number of anilines is 2. The average molecular weight is 1150 g/mol. The van der Waals surface area contributed by atoms with E-state index in [4.69, 9.17) is 31.0 Å². The van der Waals surface area contributed by atoms with Crippen LogP contribution in [0.3, 0.4) is 0 Å². The summed E-state index contributed by atoms with van der Waals surface area (Å²) in [6, 6.07) is 26.8. The summed E-state index contributed by atoms with van der Waals surface area (Å²) >= 11 is 3.55. The lowest BCUT2D eigenvalue weighted by molar-refractivity contribution is -0.00879. The second kappa shape index (κ2) is 23.7. The van der Waals surface area contributed by atoms with Gasteiger partial charge in [-0.15, -0.1) is 12.3 Å². The largest absolute Gasteiger partial charge is 0.481 e. The molecule has 81 heavy (non-hydrogen) atoms. The molecule has 2 N–H and O–H groups in total. The number of piperazine rings is 2. The van der Waals surface area contributed by atoms with Crippen molar-refractivity contribution in [3.8, 4) is 70.3 Å². The summed E-state index contributed by atoms with van der Waals surface area (Å²) < 4.78 is 14.7. The van der Waals surface area contributed by atoms with Crippen LogP contribution in [0.4, 0.5) is 11.6 Å². The molecule has 19 heteroatoms. The molecule has 8 aromatic heterocycles. The zero-order valence-corrected chi connectivity index (χ0v) is 47.8. The molecule has 6 fully saturated rings. The van der Waals surface area contributed by atoms with Crippen LogP contribution in [-0.2, 0) is 13.1 Å². The van der Waals surface area contributed by atoms with E-state index in [-0.39, 0.29) is 0 Å². The van der Waals surface area contributed by atoms with E-state index in [9.17, 15) is 15.6 Å². The maximum atomic E-state index is 10.0. The van der Waals surface area contributed by atoms with Gasteiger partial charge in [-0.1, -0.05) is 24.0 Å². The molecule has 0 aliphatic carbocycles. The molecule has 6 saturated heterocycles. The number of ether oxygens (including phenoxy) is 2. The minimum absolute atomic E-state index is 0.353. The fraction of sp³-hybridized carbons (Fsp3) is 0.355. The number of pyridine rings is 6. The van der Waals surface area contributed by atoms with Gasteiger partial charge in [-0.05, 0) is 104 Å². The fourth-order valence-electron chi connectivity index (χ4n) is 10.9. The molecule has 0 spiro atoms. The third-order valence-electron chi connectivity index (χ3n) is 14.9. The van der Waals surface area contributed by atoms with Gasteiger partial charge >= 0.3 is 0 Å². The van der Waals surface area contributed by atoms with E-state index in [0.29, 0.717) is 59.9 Å². The van der Waals surface area contributed by atoms with E-state index in [1.54, 1.807) is 63.3 Å². The Labute approximate surface area is 480 Å². The van der Waals surface area contributed by atoms with Crippen LogP contribution in [0.2, 0.25) is 0 Å². The van der Waals surface area contributed by atoms with Crippen LogP contribution in [-0.4, -0.2) is 135 Å². The maximum absolute atomic E-state index is 10.0. The van der Waals surface area contributed by atoms with Crippen LogP contribution in [0.25, 0.3) is 33.3 Å². The number of aromatic nitrogens is 8. The predicted molar refractivity (Wildman–Crippen MR) is 313 cm³/mol. The van der Waals surface area contributed by atoms with Crippen molar-refractivity contribution in [2.75, 3.05) is 50.2 Å². The first-order chi connectivity index (χ1) is 39.0. The third-order valence-corrected chi connectivity index (χ3v) is 15.4. The molecular formula is C62H63BrN14O4. The van der Waals surface area contributed by atoms with E-state index in [0.717, 1.165) is 94.2 Å². The number of terminal acetylenes is 1. The van der Waals surface area contributed by atoms with Gasteiger partial charge < -0.3 is 29.5 Å². The summed E-state index contributed by atoms with van der Waals surface area (Å²) in [6.45, 7) is 12.5. The SMILES string of the molecule is C#CCC(C)(C)O.COc1ccc(CN2C3CC2CN(c2ccc(-c4cc(Br)cn5ncc(C#N)c45)cn2)C3)cn1.COc1ccc(CN2C3CC2CN(c2ccc(-c4cc(C#CCC(C)(C)O)cn5ncc(C#N)c45)cn2)C3)cn1. The Kier molecular flexibility index (Phi) is 16.4. The number of piperidine rings is 2. The van der Waals surface area contributed by atoms with E-state index in [2.05, 4.69) is 122 Å². The third kappa shape index (κ3) is 12.8. The van der Waals surface area contributed by atoms with Crippen molar-refractivity contribution in [2.24, 2.45) is 0 Å². The molecule has 0 aromatic carbocycles. The summed E-state index contributed by atoms with van der Waals surface area (Å²) in [5.74, 6) is 11.8. The number of fused-ring (bicyclic) bond motifs is 6. The van der Waals surface area contributed by atoms with Gasteiger partial charge in [-0.2, -0.15) is 20.7 Å². The highest BCUT2D eigenvalue weighted by molar-refractivity contribution is 9.10. The molecule has 14 heterocycles. The van der Waals surface area contributed by atoms with Crippen molar-refractivity contribution in [1.29, 1.82) is 10.5 Å². The second-order valence-corrected chi connectivity index (χ2v) is 23.0. The number of methoxy groups -OCH3 is 2. The first kappa shape index (κ1) is 55.9. The Morgan fingerprint density at radius 2 is 1.09 bits per heavy atom. The number of halogens is 1. The summed E-state index contributed by atoms with van der Waals surface area (Å²) in [7, 11) is 3.27. The highest BCUT2D eigenvalue weighted by Crippen LogP contribution is 2.38. The molecule has 6 aliphatic heterocycles. The highest BCUT2D eigenvalue weighted by atomic mass is 79.9. The molecule has 0 amide bonds. The molecule has 14 rings (SSSR count). The Hall–Kier alpha value is -8.40. The Balaban J connectivity index is 0.000000164. The first-order valence-electron chi connectivity index (χ1n) is 26.8. The fourth-order valence-corrected chi connectivity index (χ4v) is 11.3. The molecule has 0 saturated carbocycles. The second-order valence-electron chi connectivity index (χ2n) is 22.1. The van der Waals surface area contributed by atoms with Crippen LogP contribution >= 0.6 is 15.9 Å². The number of rotatable bonds is 12. The first-order valence-corrected chi connectivity index (χ1v) is 27.6. The van der Waals surface area contributed by atoms with Gasteiger partial charge in [0, 0.05) is 158 Å². The molecule has 4 atom stereocenters. The van der Waals surface area contributed by atoms with E-state index < -0.39 is 11.2 Å². The van der Waals surface area contributed by atoms with Gasteiger partial charge in [-0.25, -0.2) is 29.0 Å². The molecule has 8 aromatic rings. The van der Waals surface area contributed by atoms with Crippen molar-refractivity contribution in [2.45, 2.75) is 102 Å². The smallest absolute Gasteiger partial charge is 0.212 e. The lowest BCUT2D eigenvalue weighted by atomic mass is 9.87. The van der Waals surface area contributed by atoms with Gasteiger partial charge in [0.1, 0.15) is 23.8 Å². The van der Waals surface area contributed by atoms with Crippen LogP contribution in [0, 0.1) is 46.8 Å². The van der Waals surface area contributed by atoms with Gasteiger partial charge in [0.05, 0.1) is 60.0 Å². The predicted octanol–water partition coefficient (Wildman–Crippen LogP) is 8.32. The minimum Gasteiger partial charge on any atom is -0.481 e. The number of hydrogen-bond donors (Lipinski definition) is 2. The molecule has 412 valence electrons. The number of aliphatic hydroxyl groups is 2. The van der Waals surface area contributed by atoms with Crippen molar-refractivity contribution in [3.63, 3.8) is 0 Å². The zero-order chi connectivity index (χ0) is 57.0. The molecule has 6 aliphatic rings. The monoisotopic (exact) mass is 1150 g/mol. The molecule has 4 bridgehead atoms. The van der Waals surface area contributed by atoms with Crippen LogP contribution in [0.5, 0.6) is 11.8 Å². The molecular weight excluding hydrogens is 1080 g/mol. The number of nitrogens with zero attached hydrogens (tertiary/aromatic N) is 14. The van der Waals surface area contributed by atoms with E-state index in [1.165, 1.54) is 24.0 Å². The average Bonchev–Trinajstić information content (AvgIpc) is 4.21. The van der Waals surface area contributed by atoms with Crippen molar-refractivity contribution in [1.82, 2.24) is 49.0 Å². The summed E-state index contributed by atoms with van der Waals surface area (Å²) in [5.41, 5.74) is 7.83. The molecule has 0 radical (unpaired) electrons. The Morgan fingerprint density at radius 3 is 1.47 bits per heavy atom. The molecule has 4 unspecified atom stereocenters. The van der Waals surface area contributed by atoms with E-state index >= 15 is 0 Å². The quantitative estimate of drug-likeness (QED) is 0.110. The van der Waals surface area contributed by atoms with E-state index in [1.807, 2.05) is 61.4 Å². The Bertz CT molecular complexity index is 3700. The van der Waals surface area contributed by atoms with Gasteiger partial charge in [-0.3, -0.25) is 9.80 Å². The van der Waals surface area contributed by atoms with Crippen molar-refractivity contribution >= 4 is 38.6 Å². The lowest BCUT2D eigenvalue weighted by Crippen LogP contribution is -2.68. The zero-order valence-electron chi connectivity index (χ0n) is 46.2. The van der Waals surface area contributed by atoms with Crippen LogP contribution < -0.4 is 19.3 Å². The number of nitriles is 2. The maximum Gasteiger partial charge on any atom is 0.212 e. The highest BCUT2D eigenvalue weighted by Gasteiger charge is 2.46. The Morgan fingerprint density at radius 1 is 0.617 bits per heavy atom. The lowest BCUT2D eigenvalue weighted by Gasteiger charge is -2.56. The van der Waals surface area contributed by atoms with Crippen molar-refractivity contribution in [3.05, 3.63) is 143 Å². The standard InChI is InChI=1S/C31H31N7O2.C25H22BrN7O.C6H10O/c1-31(2,39)10-4-5-21-11-27(30-24(13-32)16-35-38(30)18-21)23-7-8-28(33-15-23)36-19-25-12-26(20-36)37(25)17-22-6-9-29(40-3)34-14-22;1-34-24-5-2-16(9-29-24)12-32-20-7-21(32)15-31(14-20)23-4-3-17(10-28-23)22-6-19(26)13-33-25(22)18(8-27)11-30-33;1-4-5-6(2,3)7/h6-9,11,14-16,18,25-26,39H,10,12,17,19-20H2,1-3H3;2-6,9-11,13,20-21H,7,12,14-15H2,1H3;1,7H,5H2,2-3H3. The van der Waals surface area contributed by atoms with Crippen LogP contribution in [0.15, 0.2) is 115 Å². The summed E-state index contributed by atoms with van der Waals surface area (Å²) in [5, 5.41) is 46.7.